The number of amides is 1. The quantitative estimate of drug-likeness (QED) is 0.565. The molecule has 1 amide bonds. The molecule has 2 aromatic carbocycles. The third-order valence-electron chi connectivity index (χ3n) is 3.57. The highest BCUT2D eigenvalue weighted by Crippen LogP contribution is 2.22. The van der Waals surface area contributed by atoms with Crippen LogP contribution in [0.15, 0.2) is 53.0 Å². The maximum Gasteiger partial charge on any atom is 0.240 e. The van der Waals surface area contributed by atoms with E-state index < -0.39 is 15.9 Å². The number of sulfonamides is 1. The summed E-state index contributed by atoms with van der Waals surface area (Å²) in [5.41, 5.74) is 1.03. The van der Waals surface area contributed by atoms with Crippen LogP contribution < -0.4 is 9.62 Å². The number of hydrogen-bond donors (Lipinski definition) is 1. The lowest BCUT2D eigenvalue weighted by Gasteiger charge is -2.22. The minimum atomic E-state index is -3.60. The summed E-state index contributed by atoms with van der Waals surface area (Å²) in [6.07, 6.45) is 1.06. The summed E-state index contributed by atoms with van der Waals surface area (Å²) in [5.74, 6) is 0.463. The van der Waals surface area contributed by atoms with Gasteiger partial charge >= 0.3 is 0 Å². The Morgan fingerprint density at radius 2 is 1.96 bits per heavy atom. The first-order valence-corrected chi connectivity index (χ1v) is 11.9. The molecule has 0 aromatic heterocycles. The van der Waals surface area contributed by atoms with Crippen molar-refractivity contribution >= 4 is 49.3 Å². The molecule has 0 radical (unpaired) electrons. The van der Waals surface area contributed by atoms with Crippen LogP contribution in [-0.4, -0.2) is 39.4 Å². The number of hydrogen-bond acceptors (Lipinski definition) is 4. The molecule has 27 heavy (non-hydrogen) atoms. The smallest absolute Gasteiger partial charge is 0.240 e. The highest BCUT2D eigenvalue weighted by atomic mass is 79.9. The lowest BCUT2D eigenvalue weighted by molar-refractivity contribution is -0.119. The Kier molecular flexibility index (Phi) is 8.12. The average Bonchev–Trinajstić information content (AvgIpc) is 2.60. The van der Waals surface area contributed by atoms with E-state index in [1.54, 1.807) is 42.5 Å². The SMILES string of the molecule is CS(=O)(=O)N(CC(=O)NCCSCc1ccccc1F)c1cccc(Br)c1. The minimum Gasteiger partial charge on any atom is -0.354 e. The fourth-order valence-corrected chi connectivity index (χ4v) is 4.36. The van der Waals surface area contributed by atoms with Gasteiger partial charge in [-0.05, 0) is 29.8 Å². The summed E-state index contributed by atoms with van der Waals surface area (Å²) >= 11 is 4.79. The van der Waals surface area contributed by atoms with Gasteiger partial charge in [0.25, 0.3) is 0 Å². The van der Waals surface area contributed by atoms with Gasteiger partial charge in [0.1, 0.15) is 12.4 Å². The first-order valence-electron chi connectivity index (χ1n) is 8.08. The Morgan fingerprint density at radius 1 is 1.22 bits per heavy atom. The molecule has 0 aliphatic heterocycles. The van der Waals surface area contributed by atoms with Gasteiger partial charge in [-0.1, -0.05) is 40.2 Å². The van der Waals surface area contributed by atoms with E-state index in [2.05, 4.69) is 21.2 Å². The van der Waals surface area contributed by atoms with Crippen LogP contribution in [0.1, 0.15) is 5.56 Å². The van der Waals surface area contributed by atoms with Crippen molar-refractivity contribution in [3.63, 3.8) is 0 Å². The fraction of sp³-hybridized carbons (Fsp3) is 0.278. The maximum absolute atomic E-state index is 13.5. The number of thioether (sulfide) groups is 1. The second-order valence-corrected chi connectivity index (χ2v) is 9.67. The first-order chi connectivity index (χ1) is 12.8. The summed E-state index contributed by atoms with van der Waals surface area (Å²) in [5, 5.41) is 2.70. The third kappa shape index (κ3) is 7.15. The molecule has 0 heterocycles. The molecule has 0 unspecified atom stereocenters. The molecule has 0 atom stereocenters. The van der Waals surface area contributed by atoms with Crippen LogP contribution >= 0.6 is 27.7 Å². The highest BCUT2D eigenvalue weighted by Gasteiger charge is 2.20. The van der Waals surface area contributed by atoms with E-state index in [1.165, 1.54) is 17.8 Å². The summed E-state index contributed by atoms with van der Waals surface area (Å²) < 4.78 is 39.4. The number of carbonyl (C=O) groups is 1. The van der Waals surface area contributed by atoms with E-state index in [0.717, 1.165) is 15.0 Å². The minimum absolute atomic E-state index is 0.244. The van der Waals surface area contributed by atoms with Crippen LogP contribution in [0.5, 0.6) is 0 Å². The van der Waals surface area contributed by atoms with E-state index >= 15 is 0 Å². The van der Waals surface area contributed by atoms with Crippen molar-refractivity contribution in [1.82, 2.24) is 5.32 Å². The highest BCUT2D eigenvalue weighted by molar-refractivity contribution is 9.10. The van der Waals surface area contributed by atoms with Crippen LogP contribution in [0.25, 0.3) is 0 Å². The van der Waals surface area contributed by atoms with E-state index in [9.17, 15) is 17.6 Å². The van der Waals surface area contributed by atoms with Crippen molar-refractivity contribution in [2.45, 2.75) is 5.75 Å². The van der Waals surface area contributed by atoms with Gasteiger partial charge in [-0.2, -0.15) is 11.8 Å². The molecule has 1 N–H and O–H groups in total. The first kappa shape index (κ1) is 21.7. The zero-order valence-corrected chi connectivity index (χ0v) is 17.9. The topological polar surface area (TPSA) is 66.5 Å². The second kappa shape index (κ2) is 10.1. The van der Waals surface area contributed by atoms with Gasteiger partial charge in [-0.15, -0.1) is 0 Å². The summed E-state index contributed by atoms with van der Waals surface area (Å²) in [6.45, 7) is 0.0707. The third-order valence-corrected chi connectivity index (χ3v) is 6.21. The number of benzene rings is 2. The van der Waals surface area contributed by atoms with Gasteiger partial charge in [-0.3, -0.25) is 9.10 Å². The van der Waals surface area contributed by atoms with E-state index in [4.69, 9.17) is 0 Å². The molecular weight excluding hydrogens is 455 g/mol. The molecule has 0 saturated carbocycles. The predicted octanol–water partition coefficient (Wildman–Crippen LogP) is 3.40. The van der Waals surface area contributed by atoms with Crippen molar-refractivity contribution in [3.05, 3.63) is 64.4 Å². The van der Waals surface area contributed by atoms with Gasteiger partial charge in [0, 0.05) is 22.5 Å². The van der Waals surface area contributed by atoms with Gasteiger partial charge < -0.3 is 5.32 Å². The van der Waals surface area contributed by atoms with Crippen LogP contribution in [0.4, 0.5) is 10.1 Å². The Bertz CT molecular complexity index is 894. The van der Waals surface area contributed by atoms with Crippen molar-refractivity contribution < 1.29 is 17.6 Å². The number of anilines is 1. The van der Waals surface area contributed by atoms with Gasteiger partial charge in [0.05, 0.1) is 11.9 Å². The van der Waals surface area contributed by atoms with Gasteiger partial charge in [0.15, 0.2) is 0 Å². The molecule has 5 nitrogen and oxygen atoms in total. The molecule has 0 spiro atoms. The molecule has 0 aliphatic carbocycles. The molecule has 0 fully saturated rings. The normalized spacial score (nSPS) is 11.2. The standard InChI is InChI=1S/C18H20BrFN2O3S2/c1-27(24,25)22(16-7-4-6-15(19)11-16)12-18(23)21-9-10-26-13-14-5-2-3-8-17(14)20/h2-8,11H,9-10,12-13H2,1H3,(H,21,23). The Labute approximate surface area is 171 Å². The van der Waals surface area contributed by atoms with Crippen LogP contribution in [0.2, 0.25) is 0 Å². The average molecular weight is 475 g/mol. The van der Waals surface area contributed by atoms with Crippen molar-refractivity contribution in [1.29, 1.82) is 0 Å². The predicted molar refractivity (Wildman–Crippen MR) is 112 cm³/mol. The molecule has 0 bridgehead atoms. The number of rotatable bonds is 9. The lowest BCUT2D eigenvalue weighted by atomic mass is 10.2. The van der Waals surface area contributed by atoms with E-state index in [1.807, 2.05) is 0 Å². The van der Waals surface area contributed by atoms with Gasteiger partial charge in [-0.25, -0.2) is 12.8 Å². The number of halogens is 2. The van der Waals surface area contributed by atoms with Crippen molar-refractivity contribution in [2.24, 2.45) is 0 Å². The molecular formula is C18H20BrFN2O3S2. The van der Waals surface area contributed by atoms with Crippen LogP contribution in [0, 0.1) is 5.82 Å². The number of nitrogens with one attached hydrogen (secondary N) is 1. The monoisotopic (exact) mass is 474 g/mol. The van der Waals surface area contributed by atoms with E-state index in [0.29, 0.717) is 29.3 Å². The summed E-state index contributed by atoms with van der Waals surface area (Å²) in [4.78, 5) is 12.1. The van der Waals surface area contributed by atoms with Crippen LogP contribution in [-0.2, 0) is 20.6 Å². The largest absolute Gasteiger partial charge is 0.354 e. The van der Waals surface area contributed by atoms with Crippen molar-refractivity contribution in [3.8, 4) is 0 Å². The summed E-state index contributed by atoms with van der Waals surface area (Å²) in [7, 11) is -3.60. The second-order valence-electron chi connectivity index (χ2n) is 5.74. The van der Waals surface area contributed by atoms with E-state index in [-0.39, 0.29) is 12.4 Å². The summed E-state index contributed by atoms with van der Waals surface area (Å²) in [6, 6.07) is 13.3. The maximum atomic E-state index is 13.5. The number of carbonyl (C=O) groups excluding carboxylic acids is 1. The molecule has 2 aromatic rings. The fourth-order valence-electron chi connectivity index (χ4n) is 2.28. The molecule has 2 rings (SSSR count). The van der Waals surface area contributed by atoms with Gasteiger partial charge in [0.2, 0.25) is 15.9 Å². The lowest BCUT2D eigenvalue weighted by Crippen LogP contribution is -2.41. The Morgan fingerprint density at radius 3 is 2.63 bits per heavy atom. The zero-order chi connectivity index (χ0) is 19.9. The molecule has 146 valence electrons. The molecule has 9 heteroatoms. The molecule has 0 aliphatic rings. The Hall–Kier alpha value is -1.58. The zero-order valence-electron chi connectivity index (χ0n) is 14.7. The van der Waals surface area contributed by atoms with Crippen molar-refractivity contribution in [2.75, 3.05) is 29.4 Å². The molecule has 0 saturated heterocycles. The Balaban J connectivity index is 1.83. The number of nitrogens with zero attached hydrogens (tertiary/aromatic N) is 1. The van der Waals surface area contributed by atoms with Crippen LogP contribution in [0.3, 0.4) is 0 Å².